The molecule has 5 nitrogen and oxygen atoms in total. The predicted molar refractivity (Wildman–Crippen MR) is 104 cm³/mol. The summed E-state index contributed by atoms with van der Waals surface area (Å²) in [5.74, 6) is 0.307. The quantitative estimate of drug-likeness (QED) is 0.606. The maximum Gasteiger partial charge on any atom is 0.252 e. The van der Waals surface area contributed by atoms with Crippen molar-refractivity contribution in [1.82, 2.24) is 9.88 Å². The highest BCUT2D eigenvalue weighted by Crippen LogP contribution is 2.28. The Morgan fingerprint density at radius 2 is 1.74 bits per heavy atom. The van der Waals surface area contributed by atoms with Gasteiger partial charge in [0.15, 0.2) is 0 Å². The first-order valence-corrected chi connectivity index (χ1v) is 8.63. The SMILES string of the molecule is Cn1ccc(C(=O)NC(c2ccccc2)c2cc3ccccc3o2)cc1=O. The lowest BCUT2D eigenvalue weighted by molar-refractivity contribution is 0.0939. The lowest BCUT2D eigenvalue weighted by atomic mass is 10.0. The fourth-order valence-corrected chi connectivity index (χ4v) is 3.01. The van der Waals surface area contributed by atoms with Crippen LogP contribution in [0.15, 0.2) is 88.2 Å². The third-order valence-electron chi connectivity index (χ3n) is 4.50. The monoisotopic (exact) mass is 358 g/mol. The van der Waals surface area contributed by atoms with Crippen LogP contribution in [0.1, 0.15) is 27.7 Å². The molecule has 0 spiro atoms. The lowest BCUT2D eigenvalue weighted by Crippen LogP contribution is -2.30. The Hall–Kier alpha value is -3.60. The standard InChI is InChI=1S/C22H18N2O3/c1-24-12-11-17(14-20(24)25)22(26)23-21(15-7-3-2-4-8-15)19-13-16-9-5-6-10-18(16)27-19/h2-14,21H,1H3,(H,23,26). The van der Waals surface area contributed by atoms with Crippen LogP contribution < -0.4 is 10.9 Å². The molecule has 27 heavy (non-hydrogen) atoms. The minimum absolute atomic E-state index is 0.234. The fourth-order valence-electron chi connectivity index (χ4n) is 3.01. The van der Waals surface area contributed by atoms with Gasteiger partial charge in [-0.15, -0.1) is 0 Å². The van der Waals surface area contributed by atoms with E-state index in [9.17, 15) is 9.59 Å². The second kappa shape index (κ2) is 6.96. The van der Waals surface area contributed by atoms with Crippen LogP contribution in [0.25, 0.3) is 11.0 Å². The van der Waals surface area contributed by atoms with Gasteiger partial charge in [-0.1, -0.05) is 48.5 Å². The van der Waals surface area contributed by atoms with Gasteiger partial charge in [0.25, 0.3) is 11.5 Å². The highest BCUT2D eigenvalue weighted by atomic mass is 16.3. The average Bonchev–Trinajstić information content (AvgIpc) is 3.12. The van der Waals surface area contributed by atoms with Crippen LogP contribution in [0.4, 0.5) is 0 Å². The minimum Gasteiger partial charge on any atom is -0.459 e. The molecular formula is C22H18N2O3. The Bertz CT molecular complexity index is 1130. The summed E-state index contributed by atoms with van der Waals surface area (Å²) >= 11 is 0. The van der Waals surface area contributed by atoms with Gasteiger partial charge in [-0.3, -0.25) is 9.59 Å². The second-order valence-electron chi connectivity index (χ2n) is 6.37. The number of nitrogens with one attached hydrogen (secondary N) is 1. The van der Waals surface area contributed by atoms with Gasteiger partial charge in [-0.25, -0.2) is 0 Å². The van der Waals surface area contributed by atoms with E-state index in [1.54, 1.807) is 19.3 Å². The Morgan fingerprint density at radius 3 is 2.48 bits per heavy atom. The molecule has 2 aromatic carbocycles. The summed E-state index contributed by atoms with van der Waals surface area (Å²) in [5.41, 5.74) is 1.74. The molecule has 0 aliphatic heterocycles. The van der Waals surface area contributed by atoms with E-state index >= 15 is 0 Å². The summed E-state index contributed by atoms with van der Waals surface area (Å²) in [6.45, 7) is 0. The zero-order chi connectivity index (χ0) is 18.8. The first-order chi connectivity index (χ1) is 13.1. The van der Waals surface area contributed by atoms with Crippen molar-refractivity contribution in [2.24, 2.45) is 7.05 Å². The molecule has 4 aromatic rings. The molecule has 0 radical (unpaired) electrons. The predicted octanol–water partition coefficient (Wildman–Crippen LogP) is 3.65. The molecule has 2 heterocycles. The van der Waals surface area contributed by atoms with Gasteiger partial charge >= 0.3 is 0 Å². The maximum absolute atomic E-state index is 12.8. The molecule has 0 bridgehead atoms. The van der Waals surface area contributed by atoms with Crippen molar-refractivity contribution < 1.29 is 9.21 Å². The van der Waals surface area contributed by atoms with Gasteiger partial charge in [-0.05, 0) is 23.8 Å². The van der Waals surface area contributed by atoms with Crippen LogP contribution in [0.5, 0.6) is 0 Å². The first-order valence-electron chi connectivity index (χ1n) is 8.63. The molecule has 2 aromatic heterocycles. The smallest absolute Gasteiger partial charge is 0.252 e. The molecule has 134 valence electrons. The minimum atomic E-state index is -0.463. The number of pyridine rings is 1. The second-order valence-corrected chi connectivity index (χ2v) is 6.37. The van der Waals surface area contributed by atoms with Crippen LogP contribution in [-0.2, 0) is 7.05 Å². The Labute approximate surface area is 155 Å². The maximum atomic E-state index is 12.8. The number of furan rings is 1. The molecule has 0 saturated carbocycles. The van der Waals surface area contributed by atoms with E-state index in [-0.39, 0.29) is 11.5 Å². The normalized spacial score (nSPS) is 12.0. The largest absolute Gasteiger partial charge is 0.459 e. The van der Waals surface area contributed by atoms with Crippen molar-refractivity contribution >= 4 is 16.9 Å². The van der Waals surface area contributed by atoms with Crippen molar-refractivity contribution in [2.75, 3.05) is 0 Å². The van der Waals surface area contributed by atoms with E-state index < -0.39 is 6.04 Å². The topological polar surface area (TPSA) is 64.2 Å². The number of aromatic nitrogens is 1. The van der Waals surface area contributed by atoms with Crippen molar-refractivity contribution in [3.8, 4) is 0 Å². The summed E-state index contributed by atoms with van der Waals surface area (Å²) < 4.78 is 7.40. The molecule has 5 heteroatoms. The number of fused-ring (bicyclic) bond motifs is 1. The summed E-state index contributed by atoms with van der Waals surface area (Å²) in [6.07, 6.45) is 1.58. The Kier molecular flexibility index (Phi) is 4.34. The molecule has 1 atom stereocenters. The number of carbonyl (C=O) groups is 1. The number of nitrogens with zero attached hydrogens (tertiary/aromatic N) is 1. The van der Waals surface area contributed by atoms with Crippen molar-refractivity contribution in [3.63, 3.8) is 0 Å². The zero-order valence-electron chi connectivity index (χ0n) is 14.8. The molecular weight excluding hydrogens is 340 g/mol. The lowest BCUT2D eigenvalue weighted by Gasteiger charge is -2.17. The highest BCUT2D eigenvalue weighted by molar-refractivity contribution is 5.94. The van der Waals surface area contributed by atoms with Gasteiger partial charge in [0, 0.05) is 30.3 Å². The molecule has 4 rings (SSSR count). The van der Waals surface area contributed by atoms with Crippen LogP contribution in [0, 0.1) is 0 Å². The number of para-hydroxylation sites is 1. The molecule has 0 fully saturated rings. The summed E-state index contributed by atoms with van der Waals surface area (Å²) in [4.78, 5) is 24.6. The summed E-state index contributed by atoms with van der Waals surface area (Å²) in [7, 11) is 1.64. The van der Waals surface area contributed by atoms with Gasteiger partial charge in [0.2, 0.25) is 0 Å². The number of rotatable bonds is 4. The molecule has 0 aliphatic carbocycles. The van der Waals surface area contributed by atoms with Crippen LogP contribution in [-0.4, -0.2) is 10.5 Å². The molecule has 1 amide bonds. The number of hydrogen-bond donors (Lipinski definition) is 1. The van der Waals surface area contributed by atoms with Crippen molar-refractivity contribution in [1.29, 1.82) is 0 Å². The van der Waals surface area contributed by atoms with Crippen molar-refractivity contribution in [3.05, 3.63) is 106 Å². The molecule has 1 unspecified atom stereocenters. The Morgan fingerprint density at radius 1 is 1.00 bits per heavy atom. The van der Waals surface area contributed by atoms with E-state index in [1.165, 1.54) is 10.6 Å². The number of amides is 1. The highest BCUT2D eigenvalue weighted by Gasteiger charge is 2.21. The fraction of sp³-hybridized carbons (Fsp3) is 0.0909. The number of carbonyl (C=O) groups excluding carboxylic acids is 1. The average molecular weight is 358 g/mol. The van der Waals surface area contributed by atoms with Crippen LogP contribution >= 0.6 is 0 Å². The van der Waals surface area contributed by atoms with Crippen molar-refractivity contribution in [2.45, 2.75) is 6.04 Å². The number of hydrogen-bond acceptors (Lipinski definition) is 3. The number of benzene rings is 2. The molecule has 1 N–H and O–H groups in total. The van der Waals surface area contributed by atoms with E-state index in [0.717, 1.165) is 16.5 Å². The van der Waals surface area contributed by atoms with Gasteiger partial charge in [-0.2, -0.15) is 0 Å². The summed E-state index contributed by atoms with van der Waals surface area (Å²) in [6, 6.07) is 21.7. The van der Waals surface area contributed by atoms with E-state index in [4.69, 9.17) is 4.42 Å². The summed E-state index contributed by atoms with van der Waals surface area (Å²) in [5, 5.41) is 3.96. The first kappa shape index (κ1) is 16.8. The molecule has 0 aliphatic rings. The molecule has 0 saturated heterocycles. The third-order valence-corrected chi connectivity index (χ3v) is 4.50. The zero-order valence-corrected chi connectivity index (χ0v) is 14.8. The van der Waals surface area contributed by atoms with Crippen LogP contribution in [0.2, 0.25) is 0 Å². The van der Waals surface area contributed by atoms with Gasteiger partial charge < -0.3 is 14.3 Å². The third kappa shape index (κ3) is 3.40. The Balaban J connectivity index is 1.73. The van der Waals surface area contributed by atoms with Gasteiger partial charge in [0.1, 0.15) is 17.4 Å². The number of aryl methyl sites for hydroxylation is 1. The van der Waals surface area contributed by atoms with Crippen LogP contribution in [0.3, 0.4) is 0 Å². The van der Waals surface area contributed by atoms with E-state index in [2.05, 4.69) is 5.32 Å². The van der Waals surface area contributed by atoms with E-state index in [0.29, 0.717) is 11.3 Å². The van der Waals surface area contributed by atoms with Gasteiger partial charge in [0.05, 0.1) is 0 Å². The van der Waals surface area contributed by atoms with E-state index in [1.807, 2.05) is 60.7 Å².